The molecule has 3 heterocycles. The number of fused-ring (bicyclic) bond motifs is 2. The Bertz CT molecular complexity index is 1290. The Hall–Kier alpha value is -3.36. The number of aromatic nitrogens is 2. The second kappa shape index (κ2) is 10.8. The third-order valence-electron chi connectivity index (χ3n) is 8.01. The van der Waals surface area contributed by atoms with Crippen LogP contribution in [0.15, 0.2) is 48.7 Å². The first-order valence-electron chi connectivity index (χ1n) is 13.9. The zero-order valence-electron chi connectivity index (χ0n) is 22.5. The number of hydrogen-bond donors (Lipinski definition) is 1. The van der Waals surface area contributed by atoms with Crippen molar-refractivity contribution in [2.75, 3.05) is 56.1 Å². The van der Waals surface area contributed by atoms with Gasteiger partial charge in [-0.25, -0.2) is 0 Å². The van der Waals surface area contributed by atoms with Gasteiger partial charge >= 0.3 is 0 Å². The molecular formula is C30H38N6O2. The summed E-state index contributed by atoms with van der Waals surface area (Å²) in [7, 11) is 1.91. The third-order valence-corrected chi connectivity index (χ3v) is 8.01. The molecule has 0 atom stereocenters. The molecule has 0 unspecified atom stereocenters. The molecule has 2 aromatic carbocycles. The normalized spacial score (nSPS) is 17.9. The van der Waals surface area contributed by atoms with Gasteiger partial charge in [-0.15, -0.1) is 0 Å². The Morgan fingerprint density at radius 2 is 1.87 bits per heavy atom. The number of carbonyl (C=O) groups is 1. The Kier molecular flexibility index (Phi) is 7.08. The number of rotatable bonds is 8. The quantitative estimate of drug-likeness (QED) is 0.449. The van der Waals surface area contributed by atoms with Crippen LogP contribution in [0.2, 0.25) is 0 Å². The van der Waals surface area contributed by atoms with Crippen molar-refractivity contribution in [2.45, 2.75) is 32.7 Å². The fraction of sp³-hybridized carbons (Fsp3) is 0.467. The first-order chi connectivity index (χ1) is 18.5. The van der Waals surface area contributed by atoms with Gasteiger partial charge in [-0.05, 0) is 68.0 Å². The van der Waals surface area contributed by atoms with Crippen LogP contribution in [0.25, 0.3) is 0 Å². The van der Waals surface area contributed by atoms with Gasteiger partial charge in [0.25, 0.3) is 5.91 Å². The summed E-state index contributed by atoms with van der Waals surface area (Å²) in [6, 6.07) is 13.7. The molecule has 1 saturated carbocycles. The van der Waals surface area contributed by atoms with Crippen LogP contribution in [-0.2, 0) is 13.6 Å². The lowest BCUT2D eigenvalue weighted by atomic mass is 10.1. The number of amides is 1. The molecule has 3 aromatic rings. The van der Waals surface area contributed by atoms with E-state index in [2.05, 4.69) is 20.2 Å². The largest absolute Gasteiger partial charge is 0.493 e. The van der Waals surface area contributed by atoms with Crippen molar-refractivity contribution in [1.82, 2.24) is 19.6 Å². The number of benzene rings is 2. The molecular weight excluding hydrogens is 476 g/mol. The molecule has 2 aliphatic heterocycles. The number of carbonyl (C=O) groups excluding carboxylic acids is 1. The number of anilines is 3. The van der Waals surface area contributed by atoms with Crippen molar-refractivity contribution in [3.05, 3.63) is 65.4 Å². The van der Waals surface area contributed by atoms with Gasteiger partial charge in [-0.3, -0.25) is 9.48 Å². The van der Waals surface area contributed by atoms with E-state index in [1.54, 1.807) is 0 Å². The van der Waals surface area contributed by atoms with Gasteiger partial charge in [0.2, 0.25) is 0 Å². The molecule has 2 fully saturated rings. The van der Waals surface area contributed by atoms with E-state index in [0.29, 0.717) is 18.7 Å². The van der Waals surface area contributed by atoms with Crippen LogP contribution in [0.5, 0.6) is 5.75 Å². The number of aryl methyl sites for hydroxylation is 2. The van der Waals surface area contributed by atoms with E-state index in [4.69, 9.17) is 4.74 Å². The van der Waals surface area contributed by atoms with Crippen LogP contribution < -0.4 is 15.0 Å². The first kappa shape index (κ1) is 24.9. The van der Waals surface area contributed by atoms with Crippen molar-refractivity contribution in [3.63, 3.8) is 0 Å². The second-order valence-corrected chi connectivity index (χ2v) is 10.9. The molecule has 0 spiro atoms. The average Bonchev–Trinajstić information content (AvgIpc) is 3.71. The summed E-state index contributed by atoms with van der Waals surface area (Å²) in [5.41, 5.74) is 4.37. The van der Waals surface area contributed by atoms with Crippen LogP contribution in [0.1, 0.15) is 40.7 Å². The summed E-state index contributed by atoms with van der Waals surface area (Å²) in [6.45, 7) is 10.3. The van der Waals surface area contributed by atoms with Crippen LogP contribution in [0.3, 0.4) is 0 Å². The number of piperazine rings is 1. The van der Waals surface area contributed by atoms with Gasteiger partial charge in [0.15, 0.2) is 0 Å². The minimum absolute atomic E-state index is 0.0357. The van der Waals surface area contributed by atoms with E-state index in [1.165, 1.54) is 32.5 Å². The zero-order chi connectivity index (χ0) is 26.1. The Morgan fingerprint density at radius 3 is 2.66 bits per heavy atom. The molecule has 1 amide bonds. The monoisotopic (exact) mass is 514 g/mol. The Balaban J connectivity index is 1.05. The highest BCUT2D eigenvalue weighted by Crippen LogP contribution is 2.36. The maximum absolute atomic E-state index is 13.7. The Morgan fingerprint density at radius 1 is 1.08 bits per heavy atom. The molecule has 38 heavy (non-hydrogen) atoms. The van der Waals surface area contributed by atoms with E-state index in [0.717, 1.165) is 66.0 Å². The second-order valence-electron chi connectivity index (χ2n) is 10.9. The molecule has 8 nitrogen and oxygen atoms in total. The Labute approximate surface area is 225 Å². The first-order valence-corrected chi connectivity index (χ1v) is 13.9. The molecule has 1 aromatic heterocycles. The average molecular weight is 515 g/mol. The van der Waals surface area contributed by atoms with Gasteiger partial charge < -0.3 is 24.8 Å². The summed E-state index contributed by atoms with van der Waals surface area (Å²) in [5.74, 6) is 2.70. The predicted molar refractivity (Wildman–Crippen MR) is 150 cm³/mol. The minimum Gasteiger partial charge on any atom is -0.493 e. The van der Waals surface area contributed by atoms with E-state index >= 15 is 0 Å². The van der Waals surface area contributed by atoms with Gasteiger partial charge in [0.1, 0.15) is 11.6 Å². The molecule has 1 aliphatic carbocycles. The lowest BCUT2D eigenvalue weighted by Gasteiger charge is -2.34. The fourth-order valence-electron chi connectivity index (χ4n) is 5.57. The van der Waals surface area contributed by atoms with E-state index in [-0.39, 0.29) is 5.91 Å². The summed E-state index contributed by atoms with van der Waals surface area (Å²) >= 11 is 0. The predicted octanol–water partition coefficient (Wildman–Crippen LogP) is 4.43. The van der Waals surface area contributed by atoms with E-state index in [9.17, 15) is 4.79 Å². The number of ether oxygens (including phenoxy) is 1. The fourth-order valence-corrected chi connectivity index (χ4v) is 5.57. The van der Waals surface area contributed by atoms with Gasteiger partial charge in [0, 0.05) is 57.4 Å². The van der Waals surface area contributed by atoms with Gasteiger partial charge in [0.05, 0.1) is 30.7 Å². The smallest absolute Gasteiger partial charge is 0.258 e. The molecule has 0 radical (unpaired) electrons. The minimum atomic E-state index is -0.0357. The van der Waals surface area contributed by atoms with Gasteiger partial charge in [-0.1, -0.05) is 12.1 Å². The van der Waals surface area contributed by atoms with E-state index < -0.39 is 0 Å². The SMILES string of the molecule is Cc1cc(C(=O)N2Cc3cnn(C)c3Nc3ccccc32)ccc1OCCCN1CCN(CC2CC2)CC1. The third kappa shape index (κ3) is 5.42. The lowest BCUT2D eigenvalue weighted by Crippen LogP contribution is -2.47. The van der Waals surface area contributed by atoms with Crippen molar-refractivity contribution in [2.24, 2.45) is 13.0 Å². The number of nitrogens with one attached hydrogen (secondary N) is 1. The molecule has 3 aliphatic rings. The summed E-state index contributed by atoms with van der Waals surface area (Å²) in [6.07, 6.45) is 5.70. The molecule has 1 N–H and O–H groups in total. The van der Waals surface area contributed by atoms with Crippen LogP contribution in [0, 0.1) is 12.8 Å². The maximum Gasteiger partial charge on any atom is 0.258 e. The number of para-hydroxylation sites is 2. The van der Waals surface area contributed by atoms with Crippen LogP contribution >= 0.6 is 0 Å². The molecule has 1 saturated heterocycles. The van der Waals surface area contributed by atoms with Gasteiger partial charge in [-0.2, -0.15) is 5.10 Å². The highest BCUT2D eigenvalue weighted by molar-refractivity contribution is 6.08. The highest BCUT2D eigenvalue weighted by atomic mass is 16.5. The maximum atomic E-state index is 13.7. The summed E-state index contributed by atoms with van der Waals surface area (Å²) in [5, 5.41) is 7.83. The highest BCUT2D eigenvalue weighted by Gasteiger charge is 2.28. The standard InChI is InChI=1S/C30H38N6O2/c1-22-18-24(10-11-28(22)38-17-5-12-34-13-15-35(16-14-34)20-23-8-9-23)30(37)36-21-25-19-31-33(2)29(25)32-26-6-3-4-7-27(26)36/h3-4,6-7,10-11,18-19,23,32H,5,8-9,12-17,20-21H2,1-2H3. The molecule has 8 heteroatoms. The zero-order valence-corrected chi connectivity index (χ0v) is 22.5. The van der Waals surface area contributed by atoms with Crippen molar-refractivity contribution in [3.8, 4) is 5.75 Å². The topological polar surface area (TPSA) is 65.9 Å². The van der Waals surface area contributed by atoms with Crippen molar-refractivity contribution in [1.29, 1.82) is 0 Å². The molecule has 200 valence electrons. The van der Waals surface area contributed by atoms with Crippen LogP contribution in [-0.4, -0.2) is 71.4 Å². The molecule has 6 rings (SSSR count). The number of hydrogen-bond acceptors (Lipinski definition) is 6. The van der Waals surface area contributed by atoms with E-state index in [1.807, 2.05) is 72.2 Å². The van der Waals surface area contributed by atoms with Crippen molar-refractivity contribution < 1.29 is 9.53 Å². The summed E-state index contributed by atoms with van der Waals surface area (Å²) < 4.78 is 7.94. The number of nitrogens with zero attached hydrogens (tertiary/aromatic N) is 5. The van der Waals surface area contributed by atoms with Crippen molar-refractivity contribution >= 4 is 23.1 Å². The van der Waals surface area contributed by atoms with Crippen LogP contribution in [0.4, 0.5) is 17.2 Å². The lowest BCUT2D eigenvalue weighted by molar-refractivity contribution is 0.0985. The molecule has 0 bridgehead atoms. The summed E-state index contributed by atoms with van der Waals surface area (Å²) in [4.78, 5) is 20.8.